The summed E-state index contributed by atoms with van der Waals surface area (Å²) in [7, 11) is 4.07. The molecular weight excluding hydrogens is 342 g/mol. The van der Waals surface area contributed by atoms with Gasteiger partial charge in [-0.25, -0.2) is 4.98 Å². The van der Waals surface area contributed by atoms with Gasteiger partial charge in [-0.1, -0.05) is 6.07 Å². The van der Waals surface area contributed by atoms with E-state index in [0.717, 1.165) is 44.7 Å². The molecule has 1 spiro atoms. The fraction of sp³-hybridized carbons (Fsp3) is 0.550. The predicted octanol–water partition coefficient (Wildman–Crippen LogP) is 0.823. The van der Waals surface area contributed by atoms with Crippen LogP contribution < -0.4 is 5.56 Å². The summed E-state index contributed by atoms with van der Waals surface area (Å²) >= 11 is 0. The molecule has 4 rings (SSSR count). The molecule has 0 N–H and O–H groups in total. The standard InChI is InChI=1S/C20H27N5O2/c1-22-10-8-20(7-6-18(22)26)15-24(12-11-23(20)2)14-16-13-19(27)25-9-4-3-5-17(25)21-16/h3-5,9,13H,6-8,10-12,14-15H2,1-2H3. The summed E-state index contributed by atoms with van der Waals surface area (Å²) in [6.45, 7) is 4.27. The zero-order valence-corrected chi connectivity index (χ0v) is 16.1. The highest BCUT2D eigenvalue weighted by Crippen LogP contribution is 2.32. The molecule has 27 heavy (non-hydrogen) atoms. The smallest absolute Gasteiger partial charge is 0.258 e. The van der Waals surface area contributed by atoms with Crippen LogP contribution in [0.2, 0.25) is 0 Å². The molecule has 2 aliphatic rings. The van der Waals surface area contributed by atoms with Crippen molar-refractivity contribution in [3.05, 3.63) is 46.5 Å². The van der Waals surface area contributed by atoms with Crippen LogP contribution in [-0.2, 0) is 11.3 Å². The van der Waals surface area contributed by atoms with Crippen LogP contribution in [0.4, 0.5) is 0 Å². The molecule has 1 amide bonds. The molecular formula is C20H27N5O2. The van der Waals surface area contributed by atoms with Gasteiger partial charge in [0.2, 0.25) is 5.91 Å². The van der Waals surface area contributed by atoms with Crippen LogP contribution in [0.15, 0.2) is 35.3 Å². The second kappa shape index (κ2) is 7.05. The van der Waals surface area contributed by atoms with Gasteiger partial charge >= 0.3 is 0 Å². The van der Waals surface area contributed by atoms with Crippen molar-refractivity contribution in [2.75, 3.05) is 40.3 Å². The van der Waals surface area contributed by atoms with Crippen molar-refractivity contribution in [2.24, 2.45) is 0 Å². The molecule has 0 saturated carbocycles. The number of likely N-dealkylation sites (tertiary alicyclic amines) is 1. The Balaban J connectivity index is 1.55. The van der Waals surface area contributed by atoms with E-state index in [2.05, 4.69) is 21.8 Å². The third-order valence-electron chi connectivity index (χ3n) is 6.23. The van der Waals surface area contributed by atoms with Crippen molar-refractivity contribution in [1.82, 2.24) is 24.1 Å². The lowest BCUT2D eigenvalue weighted by Crippen LogP contribution is -2.60. The van der Waals surface area contributed by atoms with Crippen LogP contribution >= 0.6 is 0 Å². The van der Waals surface area contributed by atoms with Gasteiger partial charge in [0.15, 0.2) is 0 Å². The Hall–Kier alpha value is -2.25. The zero-order chi connectivity index (χ0) is 19.0. The van der Waals surface area contributed by atoms with E-state index >= 15 is 0 Å². The Morgan fingerprint density at radius 1 is 1.11 bits per heavy atom. The monoisotopic (exact) mass is 369 g/mol. The molecule has 2 aliphatic heterocycles. The minimum Gasteiger partial charge on any atom is -0.346 e. The van der Waals surface area contributed by atoms with Crippen molar-refractivity contribution in [1.29, 1.82) is 0 Å². The topological polar surface area (TPSA) is 61.2 Å². The Morgan fingerprint density at radius 2 is 1.96 bits per heavy atom. The first-order chi connectivity index (χ1) is 13.0. The van der Waals surface area contributed by atoms with Gasteiger partial charge in [-0.3, -0.25) is 23.8 Å². The number of likely N-dealkylation sites (N-methyl/N-ethyl adjacent to an activating group) is 1. The molecule has 1 unspecified atom stereocenters. The van der Waals surface area contributed by atoms with Gasteiger partial charge < -0.3 is 4.90 Å². The highest BCUT2D eigenvalue weighted by molar-refractivity contribution is 5.76. The maximum atomic E-state index is 12.4. The van der Waals surface area contributed by atoms with Gasteiger partial charge in [-0.2, -0.15) is 0 Å². The molecule has 0 aliphatic carbocycles. The SMILES string of the molecule is CN1CCC2(CCC1=O)CN(Cc1cc(=O)n3ccccc3n1)CCN2C. The third kappa shape index (κ3) is 3.49. The number of piperazine rings is 1. The first-order valence-electron chi connectivity index (χ1n) is 9.62. The largest absolute Gasteiger partial charge is 0.346 e. The predicted molar refractivity (Wildman–Crippen MR) is 104 cm³/mol. The molecule has 7 nitrogen and oxygen atoms in total. The molecule has 2 aromatic rings. The molecule has 144 valence electrons. The maximum Gasteiger partial charge on any atom is 0.258 e. The van der Waals surface area contributed by atoms with Crippen LogP contribution in [0.1, 0.15) is 25.0 Å². The number of fused-ring (bicyclic) bond motifs is 1. The lowest BCUT2D eigenvalue weighted by molar-refractivity contribution is -0.129. The summed E-state index contributed by atoms with van der Waals surface area (Å²) in [4.78, 5) is 35.8. The summed E-state index contributed by atoms with van der Waals surface area (Å²) in [6.07, 6.45) is 4.22. The van der Waals surface area contributed by atoms with Gasteiger partial charge in [0.1, 0.15) is 5.65 Å². The van der Waals surface area contributed by atoms with E-state index in [0.29, 0.717) is 18.6 Å². The van der Waals surface area contributed by atoms with Gasteiger partial charge in [0, 0.05) is 64.0 Å². The molecule has 0 radical (unpaired) electrons. The van der Waals surface area contributed by atoms with E-state index in [4.69, 9.17) is 0 Å². The number of pyridine rings is 1. The average Bonchev–Trinajstić information content (AvgIpc) is 2.80. The number of rotatable bonds is 2. The average molecular weight is 369 g/mol. The maximum absolute atomic E-state index is 12.4. The molecule has 0 aromatic carbocycles. The minimum atomic E-state index is -0.0406. The van der Waals surface area contributed by atoms with Crippen molar-refractivity contribution >= 4 is 11.6 Å². The first-order valence-corrected chi connectivity index (χ1v) is 9.62. The van der Waals surface area contributed by atoms with Gasteiger partial charge in [-0.05, 0) is 32.0 Å². The lowest BCUT2D eigenvalue weighted by Gasteiger charge is -2.49. The second-order valence-electron chi connectivity index (χ2n) is 7.94. The fourth-order valence-electron chi connectivity index (χ4n) is 4.39. The van der Waals surface area contributed by atoms with Gasteiger partial charge in [-0.15, -0.1) is 0 Å². The number of carbonyl (C=O) groups is 1. The molecule has 1 atom stereocenters. The Labute approximate surface area is 159 Å². The van der Waals surface area contributed by atoms with Crippen molar-refractivity contribution < 1.29 is 4.79 Å². The Kier molecular flexibility index (Phi) is 4.74. The van der Waals surface area contributed by atoms with Crippen molar-refractivity contribution in [2.45, 2.75) is 31.3 Å². The van der Waals surface area contributed by atoms with E-state index < -0.39 is 0 Å². The normalized spacial score (nSPS) is 25.3. The number of aromatic nitrogens is 2. The van der Waals surface area contributed by atoms with E-state index in [9.17, 15) is 9.59 Å². The van der Waals surface area contributed by atoms with Crippen LogP contribution in [0.3, 0.4) is 0 Å². The number of carbonyl (C=O) groups excluding carboxylic acids is 1. The van der Waals surface area contributed by atoms with Crippen molar-refractivity contribution in [3.63, 3.8) is 0 Å². The second-order valence-corrected chi connectivity index (χ2v) is 7.94. The van der Waals surface area contributed by atoms with E-state index in [1.165, 1.54) is 0 Å². The third-order valence-corrected chi connectivity index (χ3v) is 6.23. The van der Waals surface area contributed by atoms with Crippen LogP contribution in [-0.4, -0.2) is 75.8 Å². The van der Waals surface area contributed by atoms with E-state index in [1.54, 1.807) is 16.7 Å². The van der Waals surface area contributed by atoms with Crippen LogP contribution in [0.5, 0.6) is 0 Å². The fourth-order valence-corrected chi connectivity index (χ4v) is 4.39. The van der Waals surface area contributed by atoms with Gasteiger partial charge in [0.05, 0.1) is 5.69 Å². The number of hydrogen-bond donors (Lipinski definition) is 0. The first kappa shape index (κ1) is 18.1. The van der Waals surface area contributed by atoms with E-state index in [1.807, 2.05) is 30.1 Å². The van der Waals surface area contributed by atoms with Crippen molar-refractivity contribution in [3.8, 4) is 0 Å². The van der Waals surface area contributed by atoms with Gasteiger partial charge in [0.25, 0.3) is 5.56 Å². The highest BCUT2D eigenvalue weighted by Gasteiger charge is 2.41. The minimum absolute atomic E-state index is 0.0184. The summed E-state index contributed by atoms with van der Waals surface area (Å²) < 4.78 is 1.57. The summed E-state index contributed by atoms with van der Waals surface area (Å²) in [5.41, 5.74) is 1.48. The van der Waals surface area contributed by atoms with Crippen LogP contribution in [0, 0.1) is 0 Å². The molecule has 0 bridgehead atoms. The summed E-state index contributed by atoms with van der Waals surface area (Å²) in [5, 5.41) is 0. The number of amides is 1. The lowest BCUT2D eigenvalue weighted by atomic mass is 9.86. The van der Waals surface area contributed by atoms with E-state index in [-0.39, 0.29) is 17.0 Å². The highest BCUT2D eigenvalue weighted by atomic mass is 16.2. The zero-order valence-electron chi connectivity index (χ0n) is 16.1. The summed E-state index contributed by atoms with van der Waals surface area (Å²) in [5.74, 6) is 0.238. The molecule has 7 heteroatoms. The quantitative estimate of drug-likeness (QED) is 0.785. The Morgan fingerprint density at radius 3 is 2.81 bits per heavy atom. The summed E-state index contributed by atoms with van der Waals surface area (Å²) in [6, 6.07) is 7.24. The molecule has 2 aromatic heterocycles. The number of nitrogens with zero attached hydrogens (tertiary/aromatic N) is 5. The Bertz CT molecular complexity index is 911. The molecule has 2 saturated heterocycles. The molecule has 4 heterocycles. The molecule has 2 fully saturated rings. The number of hydrogen-bond acceptors (Lipinski definition) is 5. The van der Waals surface area contributed by atoms with Crippen LogP contribution in [0.25, 0.3) is 5.65 Å².